The van der Waals surface area contributed by atoms with Crippen molar-refractivity contribution in [2.75, 3.05) is 12.1 Å². The molecule has 16 heavy (non-hydrogen) atoms. The molecule has 1 amide bonds. The summed E-state index contributed by atoms with van der Waals surface area (Å²) < 4.78 is 32.5. The minimum atomic E-state index is -3.91. The van der Waals surface area contributed by atoms with E-state index in [1.807, 2.05) is 0 Å². The number of amides is 1. The largest absolute Gasteiger partial charge is 0.452 e. The van der Waals surface area contributed by atoms with Gasteiger partial charge < -0.3 is 14.8 Å². The fourth-order valence-electron chi connectivity index (χ4n) is 1.34. The summed E-state index contributed by atoms with van der Waals surface area (Å²) in [4.78, 5) is 10.1. The summed E-state index contributed by atoms with van der Waals surface area (Å²) in [5.74, 6) is 0.177. The fraction of sp³-hybridized carbons (Fsp3) is 0.125. The molecule has 0 bridgehead atoms. The van der Waals surface area contributed by atoms with Gasteiger partial charge in [0.2, 0.25) is 13.2 Å². The van der Waals surface area contributed by atoms with Crippen molar-refractivity contribution < 1.29 is 22.7 Å². The van der Waals surface area contributed by atoms with Gasteiger partial charge in [-0.3, -0.25) is 4.79 Å². The van der Waals surface area contributed by atoms with Crippen molar-refractivity contribution in [3.8, 4) is 11.5 Å². The smallest absolute Gasteiger partial charge is 0.265 e. The number of rotatable bonds is 3. The molecule has 1 N–H and O–H groups in total. The van der Waals surface area contributed by atoms with Crippen LogP contribution in [-0.2, 0) is 13.8 Å². The van der Waals surface area contributed by atoms with E-state index >= 15 is 0 Å². The molecule has 86 valence electrons. The molecule has 0 radical (unpaired) electrons. The van der Waals surface area contributed by atoms with Crippen LogP contribution >= 0.6 is 10.7 Å². The second-order valence-electron chi connectivity index (χ2n) is 2.88. The number of hydrogen-bond donors (Lipinski definition) is 1. The molecule has 2 rings (SSSR count). The highest BCUT2D eigenvalue weighted by atomic mass is 35.7. The molecule has 1 aromatic carbocycles. The van der Waals surface area contributed by atoms with Crippen LogP contribution in [0.15, 0.2) is 17.0 Å². The van der Waals surface area contributed by atoms with Gasteiger partial charge in [0, 0.05) is 10.7 Å². The monoisotopic (exact) mass is 263 g/mol. The predicted molar refractivity (Wildman–Crippen MR) is 55.3 cm³/mol. The normalized spacial score (nSPS) is 13.6. The molecule has 8 heteroatoms. The Morgan fingerprint density at radius 2 is 2.00 bits per heavy atom. The summed E-state index contributed by atoms with van der Waals surface area (Å²) in [6.07, 6.45) is 0.451. The summed E-state index contributed by atoms with van der Waals surface area (Å²) in [5, 5.41) is 2.36. The molecule has 1 aliphatic heterocycles. The van der Waals surface area contributed by atoms with Crippen molar-refractivity contribution in [1.29, 1.82) is 0 Å². The molecule has 1 aliphatic rings. The summed E-state index contributed by atoms with van der Waals surface area (Å²) in [6, 6.07) is 2.61. The summed E-state index contributed by atoms with van der Waals surface area (Å²) >= 11 is 0. The van der Waals surface area contributed by atoms with Gasteiger partial charge in [-0.05, 0) is 12.1 Å². The zero-order valence-corrected chi connectivity index (χ0v) is 9.34. The van der Waals surface area contributed by atoms with Gasteiger partial charge in [-0.2, -0.15) is 0 Å². The number of hydrogen-bond acceptors (Lipinski definition) is 5. The van der Waals surface area contributed by atoms with Crippen LogP contribution < -0.4 is 14.8 Å². The molecule has 0 unspecified atom stereocenters. The van der Waals surface area contributed by atoms with Gasteiger partial charge in [0.25, 0.3) is 9.05 Å². The molecule has 1 aromatic rings. The van der Waals surface area contributed by atoms with E-state index in [0.717, 1.165) is 0 Å². The lowest BCUT2D eigenvalue weighted by Gasteiger charge is -2.06. The molecule has 1 heterocycles. The van der Waals surface area contributed by atoms with Crippen molar-refractivity contribution in [1.82, 2.24) is 0 Å². The SMILES string of the molecule is O=CNc1ccc(S(=O)(=O)Cl)c2c1OCO2. The van der Waals surface area contributed by atoms with E-state index in [2.05, 4.69) is 5.32 Å². The third-order valence-electron chi connectivity index (χ3n) is 1.96. The Balaban J connectivity index is 2.62. The quantitative estimate of drug-likeness (QED) is 0.647. The number of carbonyl (C=O) groups is 1. The minimum Gasteiger partial charge on any atom is -0.452 e. The molecule has 0 saturated carbocycles. The number of halogens is 1. The maximum Gasteiger partial charge on any atom is 0.265 e. The minimum absolute atomic E-state index is 0.0156. The Bertz CT molecular complexity index is 542. The molecule has 0 aromatic heterocycles. The number of carbonyl (C=O) groups excluding carboxylic acids is 1. The highest BCUT2D eigenvalue weighted by molar-refractivity contribution is 8.13. The topological polar surface area (TPSA) is 81.7 Å². The second kappa shape index (κ2) is 3.84. The first-order chi connectivity index (χ1) is 7.54. The van der Waals surface area contributed by atoms with Crippen molar-refractivity contribution in [3.05, 3.63) is 12.1 Å². The second-order valence-corrected chi connectivity index (χ2v) is 5.41. The maximum absolute atomic E-state index is 11.2. The third-order valence-corrected chi connectivity index (χ3v) is 3.31. The Morgan fingerprint density at radius 1 is 1.31 bits per heavy atom. The lowest BCUT2D eigenvalue weighted by Crippen LogP contribution is -1.98. The van der Waals surface area contributed by atoms with Gasteiger partial charge in [-0.15, -0.1) is 0 Å². The Morgan fingerprint density at radius 3 is 2.62 bits per heavy atom. The van der Waals surface area contributed by atoms with Gasteiger partial charge in [0.15, 0.2) is 11.5 Å². The van der Waals surface area contributed by atoms with E-state index in [1.165, 1.54) is 12.1 Å². The lowest BCUT2D eigenvalue weighted by molar-refractivity contribution is -0.105. The maximum atomic E-state index is 11.2. The first-order valence-corrected chi connectivity index (χ1v) is 6.42. The van der Waals surface area contributed by atoms with E-state index in [4.69, 9.17) is 20.2 Å². The average Bonchev–Trinajstić information content (AvgIpc) is 2.65. The van der Waals surface area contributed by atoms with Gasteiger partial charge in [-0.1, -0.05) is 0 Å². The Kier molecular flexibility index (Phi) is 2.64. The summed E-state index contributed by atoms with van der Waals surface area (Å²) in [5.41, 5.74) is 0.326. The van der Waals surface area contributed by atoms with E-state index in [-0.39, 0.29) is 23.2 Å². The number of fused-ring (bicyclic) bond motifs is 1. The van der Waals surface area contributed by atoms with E-state index < -0.39 is 9.05 Å². The van der Waals surface area contributed by atoms with Crippen LogP contribution in [0.1, 0.15) is 0 Å². The van der Waals surface area contributed by atoms with Gasteiger partial charge in [0.05, 0.1) is 5.69 Å². The zero-order valence-electron chi connectivity index (χ0n) is 7.77. The molecule has 6 nitrogen and oxygen atoms in total. The summed E-state index contributed by atoms with van der Waals surface area (Å²) in [7, 11) is 1.31. The number of ether oxygens (including phenoxy) is 2. The Hall–Kier alpha value is -1.47. The van der Waals surface area contributed by atoms with Crippen LogP contribution in [0.4, 0.5) is 5.69 Å². The fourth-order valence-corrected chi connectivity index (χ4v) is 2.31. The molecule has 0 aliphatic carbocycles. The van der Waals surface area contributed by atoms with Crippen molar-refractivity contribution >= 4 is 31.8 Å². The highest BCUT2D eigenvalue weighted by Crippen LogP contribution is 2.44. The van der Waals surface area contributed by atoms with Crippen LogP contribution in [0.25, 0.3) is 0 Å². The number of anilines is 1. The standard InChI is InChI=1S/C8H6ClNO5S/c9-16(12,13)6-2-1-5(10-3-11)7-8(6)15-4-14-7/h1-3H,4H2,(H,10,11). The molecular weight excluding hydrogens is 258 g/mol. The van der Waals surface area contributed by atoms with Crippen molar-refractivity contribution in [2.45, 2.75) is 4.90 Å². The van der Waals surface area contributed by atoms with Crippen molar-refractivity contribution in [2.24, 2.45) is 0 Å². The van der Waals surface area contributed by atoms with E-state index in [0.29, 0.717) is 12.1 Å². The average molecular weight is 264 g/mol. The van der Waals surface area contributed by atoms with Crippen LogP contribution in [0.3, 0.4) is 0 Å². The van der Waals surface area contributed by atoms with Crippen LogP contribution in [0, 0.1) is 0 Å². The predicted octanol–water partition coefficient (Wildman–Crippen LogP) is 0.911. The van der Waals surface area contributed by atoms with Gasteiger partial charge in [0.1, 0.15) is 4.90 Å². The van der Waals surface area contributed by atoms with E-state index in [1.54, 1.807) is 0 Å². The van der Waals surface area contributed by atoms with Crippen LogP contribution in [-0.4, -0.2) is 21.6 Å². The van der Waals surface area contributed by atoms with Gasteiger partial charge in [-0.25, -0.2) is 8.42 Å². The lowest BCUT2D eigenvalue weighted by atomic mass is 10.2. The highest BCUT2D eigenvalue weighted by Gasteiger charge is 2.27. The number of benzene rings is 1. The van der Waals surface area contributed by atoms with Crippen molar-refractivity contribution in [3.63, 3.8) is 0 Å². The molecular formula is C8H6ClNO5S. The van der Waals surface area contributed by atoms with Gasteiger partial charge >= 0.3 is 0 Å². The molecule has 0 atom stereocenters. The first kappa shape index (κ1) is 11.0. The van der Waals surface area contributed by atoms with E-state index in [9.17, 15) is 13.2 Å². The molecule has 0 spiro atoms. The third kappa shape index (κ3) is 1.79. The molecule has 0 saturated heterocycles. The Labute approximate surface area is 95.5 Å². The zero-order chi connectivity index (χ0) is 11.8. The summed E-state index contributed by atoms with van der Waals surface area (Å²) in [6.45, 7) is -0.119. The molecule has 0 fully saturated rings. The first-order valence-electron chi connectivity index (χ1n) is 4.11. The number of nitrogens with one attached hydrogen (secondary N) is 1. The van der Waals surface area contributed by atoms with Crippen LogP contribution in [0.2, 0.25) is 0 Å². The van der Waals surface area contributed by atoms with Crippen LogP contribution in [0.5, 0.6) is 11.5 Å².